The maximum absolute atomic E-state index is 5.75. The molecule has 0 spiro atoms. The highest BCUT2D eigenvalue weighted by Gasteiger charge is 2.21. The SMILES string of the molecule is CON1CN(Cl)CN(OC)C1. The van der Waals surface area contributed by atoms with Gasteiger partial charge in [0.05, 0.1) is 27.6 Å². The molecule has 0 atom stereocenters. The van der Waals surface area contributed by atoms with E-state index in [1.54, 1.807) is 28.8 Å². The van der Waals surface area contributed by atoms with Crippen LogP contribution in [-0.4, -0.2) is 48.8 Å². The quantitative estimate of drug-likeness (QED) is 0.562. The van der Waals surface area contributed by atoms with Crippen molar-refractivity contribution in [1.82, 2.24) is 14.5 Å². The number of halogens is 1. The Hall–Kier alpha value is 0.0900. The first kappa shape index (κ1) is 9.18. The topological polar surface area (TPSA) is 28.2 Å². The third-order valence-electron chi connectivity index (χ3n) is 1.45. The van der Waals surface area contributed by atoms with Crippen LogP contribution in [0.5, 0.6) is 0 Å². The second-order valence-electron chi connectivity index (χ2n) is 2.22. The molecule has 6 heteroatoms. The fourth-order valence-electron chi connectivity index (χ4n) is 0.883. The molecule has 0 aliphatic carbocycles. The van der Waals surface area contributed by atoms with Crippen LogP contribution < -0.4 is 0 Å². The lowest BCUT2D eigenvalue weighted by Crippen LogP contribution is -2.50. The van der Waals surface area contributed by atoms with Gasteiger partial charge in [-0.25, -0.2) is 0 Å². The van der Waals surface area contributed by atoms with Gasteiger partial charge in [0.15, 0.2) is 0 Å². The van der Waals surface area contributed by atoms with Crippen LogP contribution in [0.2, 0.25) is 0 Å². The molecule has 1 saturated heterocycles. The molecule has 1 aliphatic heterocycles. The minimum absolute atomic E-state index is 0.581. The summed E-state index contributed by atoms with van der Waals surface area (Å²) in [5.41, 5.74) is 0. The summed E-state index contributed by atoms with van der Waals surface area (Å²) in [6.45, 7) is 1.77. The minimum Gasteiger partial charge on any atom is -0.300 e. The van der Waals surface area contributed by atoms with Crippen molar-refractivity contribution in [2.75, 3.05) is 34.2 Å². The molecule has 0 saturated carbocycles. The molecule has 0 aromatic carbocycles. The van der Waals surface area contributed by atoms with Crippen molar-refractivity contribution in [3.63, 3.8) is 0 Å². The average Bonchev–Trinajstić information content (AvgIpc) is 2.03. The van der Waals surface area contributed by atoms with E-state index < -0.39 is 0 Å². The molecule has 0 unspecified atom stereocenters. The maximum Gasteiger partial charge on any atom is 0.103 e. The van der Waals surface area contributed by atoms with E-state index in [2.05, 4.69) is 0 Å². The van der Waals surface area contributed by atoms with Crippen LogP contribution in [0.1, 0.15) is 0 Å². The van der Waals surface area contributed by atoms with Gasteiger partial charge < -0.3 is 0 Å². The predicted molar refractivity (Wildman–Crippen MR) is 40.0 cm³/mol. The van der Waals surface area contributed by atoms with Gasteiger partial charge in [0, 0.05) is 0 Å². The van der Waals surface area contributed by atoms with Gasteiger partial charge in [-0.05, 0) is 11.8 Å². The van der Waals surface area contributed by atoms with Crippen molar-refractivity contribution in [2.45, 2.75) is 0 Å². The van der Waals surface area contributed by atoms with E-state index in [4.69, 9.17) is 21.5 Å². The number of rotatable bonds is 2. The van der Waals surface area contributed by atoms with E-state index >= 15 is 0 Å². The van der Waals surface area contributed by atoms with E-state index in [0.717, 1.165) is 0 Å². The summed E-state index contributed by atoms with van der Waals surface area (Å²) in [7, 11) is 3.20. The van der Waals surface area contributed by atoms with Crippen molar-refractivity contribution in [3.8, 4) is 0 Å². The first-order valence-electron chi connectivity index (χ1n) is 3.25. The van der Waals surface area contributed by atoms with Gasteiger partial charge in [-0.3, -0.25) is 9.68 Å². The van der Waals surface area contributed by atoms with Crippen LogP contribution in [0.4, 0.5) is 0 Å². The summed E-state index contributed by atoms with van der Waals surface area (Å²) in [4.78, 5) is 9.96. The zero-order valence-corrected chi connectivity index (χ0v) is 7.41. The van der Waals surface area contributed by atoms with E-state index in [1.165, 1.54) is 0 Å². The molecule has 0 amide bonds. The Kier molecular flexibility index (Phi) is 3.50. The molecule has 0 bridgehead atoms. The van der Waals surface area contributed by atoms with Crippen molar-refractivity contribution in [2.24, 2.45) is 0 Å². The fraction of sp³-hybridized carbons (Fsp3) is 1.00. The Morgan fingerprint density at radius 1 is 1.00 bits per heavy atom. The zero-order chi connectivity index (χ0) is 8.27. The van der Waals surface area contributed by atoms with Crippen LogP contribution in [0.25, 0.3) is 0 Å². The molecular weight excluding hydrogens is 170 g/mol. The molecule has 66 valence electrons. The Morgan fingerprint density at radius 2 is 1.45 bits per heavy atom. The predicted octanol–water partition coefficient (Wildman–Crippen LogP) is 0.0551. The Balaban J connectivity index is 2.37. The lowest BCUT2D eigenvalue weighted by atomic mass is 10.7. The molecule has 0 aromatic heterocycles. The van der Waals surface area contributed by atoms with Gasteiger partial charge >= 0.3 is 0 Å². The summed E-state index contributed by atoms with van der Waals surface area (Å²) < 4.78 is 1.57. The van der Waals surface area contributed by atoms with Crippen molar-refractivity contribution >= 4 is 11.8 Å². The molecule has 1 rings (SSSR count). The summed E-state index contributed by atoms with van der Waals surface area (Å²) >= 11 is 5.75. The molecule has 1 fully saturated rings. The van der Waals surface area contributed by atoms with Crippen molar-refractivity contribution in [1.29, 1.82) is 0 Å². The van der Waals surface area contributed by atoms with Gasteiger partial charge in [-0.15, -0.1) is 0 Å². The smallest absolute Gasteiger partial charge is 0.103 e. The third kappa shape index (κ3) is 2.55. The molecule has 0 radical (unpaired) electrons. The van der Waals surface area contributed by atoms with Crippen LogP contribution in [0.15, 0.2) is 0 Å². The number of hydroxylamine groups is 4. The Labute approximate surface area is 71.0 Å². The van der Waals surface area contributed by atoms with Crippen molar-refractivity contribution in [3.05, 3.63) is 0 Å². The third-order valence-corrected chi connectivity index (χ3v) is 1.67. The standard InChI is InChI=1S/C5H12ClN3O2/c1-10-8-3-7(6)4-9(5-8)11-2/h3-5H2,1-2H3. The van der Waals surface area contributed by atoms with Gasteiger partial charge in [0.2, 0.25) is 0 Å². The van der Waals surface area contributed by atoms with Crippen LogP contribution >= 0.6 is 11.8 Å². The van der Waals surface area contributed by atoms with Gasteiger partial charge in [0.25, 0.3) is 0 Å². The number of hydrogen-bond donors (Lipinski definition) is 0. The summed E-state index contributed by atoms with van der Waals surface area (Å²) in [6, 6.07) is 0. The van der Waals surface area contributed by atoms with E-state index in [1.807, 2.05) is 0 Å². The largest absolute Gasteiger partial charge is 0.300 e. The molecular formula is C5H12ClN3O2. The lowest BCUT2D eigenvalue weighted by Gasteiger charge is -2.35. The van der Waals surface area contributed by atoms with Crippen LogP contribution in [0, 0.1) is 0 Å². The summed E-state index contributed by atoms with van der Waals surface area (Å²) in [5, 5.41) is 3.36. The van der Waals surface area contributed by atoms with E-state index in [0.29, 0.717) is 20.0 Å². The summed E-state index contributed by atoms with van der Waals surface area (Å²) in [6.07, 6.45) is 0. The number of nitrogens with zero attached hydrogens (tertiary/aromatic N) is 3. The van der Waals surface area contributed by atoms with Crippen LogP contribution in [-0.2, 0) is 9.68 Å². The van der Waals surface area contributed by atoms with E-state index in [9.17, 15) is 0 Å². The second-order valence-corrected chi connectivity index (χ2v) is 2.69. The zero-order valence-electron chi connectivity index (χ0n) is 6.66. The molecule has 11 heavy (non-hydrogen) atoms. The minimum atomic E-state index is 0.581. The second kappa shape index (κ2) is 4.20. The monoisotopic (exact) mass is 181 g/mol. The number of hydrogen-bond acceptors (Lipinski definition) is 5. The first-order valence-corrected chi connectivity index (χ1v) is 3.59. The highest BCUT2D eigenvalue weighted by Crippen LogP contribution is 2.08. The average molecular weight is 182 g/mol. The molecule has 0 N–H and O–H groups in total. The fourth-order valence-corrected chi connectivity index (χ4v) is 1.12. The van der Waals surface area contributed by atoms with Gasteiger partial charge in [-0.2, -0.15) is 14.5 Å². The van der Waals surface area contributed by atoms with Gasteiger partial charge in [-0.1, -0.05) is 0 Å². The van der Waals surface area contributed by atoms with E-state index in [-0.39, 0.29) is 0 Å². The van der Waals surface area contributed by atoms with Gasteiger partial charge in [0.1, 0.15) is 6.67 Å². The maximum atomic E-state index is 5.75. The van der Waals surface area contributed by atoms with Crippen LogP contribution in [0.3, 0.4) is 0 Å². The Morgan fingerprint density at radius 3 is 1.82 bits per heavy atom. The molecule has 5 nitrogen and oxygen atoms in total. The first-order chi connectivity index (χ1) is 5.26. The van der Waals surface area contributed by atoms with Crippen molar-refractivity contribution < 1.29 is 9.68 Å². The highest BCUT2D eigenvalue weighted by atomic mass is 35.5. The molecule has 1 aliphatic rings. The Bertz CT molecular complexity index is 114. The lowest BCUT2D eigenvalue weighted by molar-refractivity contribution is -0.280. The summed E-state index contributed by atoms with van der Waals surface area (Å²) in [5.74, 6) is 0. The normalized spacial score (nSPS) is 24.3. The molecule has 0 aromatic rings. The molecule has 1 heterocycles. The highest BCUT2D eigenvalue weighted by molar-refractivity contribution is 6.13.